The average Bonchev–Trinajstić information content (AvgIpc) is 2.98. The molecule has 0 bridgehead atoms. The quantitative estimate of drug-likeness (QED) is 0.849. The highest BCUT2D eigenvalue weighted by molar-refractivity contribution is 7.91. The van der Waals surface area contributed by atoms with Crippen LogP contribution >= 0.6 is 22.7 Å². The molecule has 2 aromatic heterocycles. The summed E-state index contributed by atoms with van der Waals surface area (Å²) in [6.45, 7) is 3.73. The molecule has 2 aromatic rings. The number of thiophene rings is 1. The van der Waals surface area contributed by atoms with E-state index in [4.69, 9.17) is 5.11 Å². The van der Waals surface area contributed by atoms with Crippen LogP contribution in [-0.2, 0) is 16.4 Å². The molecule has 0 aromatic carbocycles. The van der Waals surface area contributed by atoms with Crippen molar-refractivity contribution in [2.75, 3.05) is 6.61 Å². The van der Waals surface area contributed by atoms with Crippen molar-refractivity contribution in [1.29, 1.82) is 0 Å². The Morgan fingerprint density at radius 3 is 2.75 bits per heavy atom. The highest BCUT2D eigenvalue weighted by atomic mass is 32.2. The first kappa shape index (κ1) is 15.6. The second kappa shape index (κ2) is 6.31. The molecule has 0 radical (unpaired) electrons. The molecule has 0 aliphatic rings. The highest BCUT2D eigenvalue weighted by Crippen LogP contribution is 2.25. The van der Waals surface area contributed by atoms with Crippen molar-refractivity contribution in [1.82, 2.24) is 9.71 Å². The SMILES string of the molecule is Cc1cnc(C(C)NS(=O)(=O)c2ccc(CCO)s2)s1. The van der Waals surface area contributed by atoms with Crippen LogP contribution in [0.3, 0.4) is 0 Å². The van der Waals surface area contributed by atoms with Gasteiger partial charge in [-0.1, -0.05) is 0 Å². The summed E-state index contributed by atoms with van der Waals surface area (Å²) in [6.07, 6.45) is 2.21. The van der Waals surface area contributed by atoms with Crippen LogP contribution < -0.4 is 4.72 Å². The molecule has 0 aliphatic carbocycles. The summed E-state index contributed by atoms with van der Waals surface area (Å²) in [5, 5.41) is 9.61. The van der Waals surface area contributed by atoms with Gasteiger partial charge in [0.25, 0.3) is 10.0 Å². The molecule has 0 amide bonds. The van der Waals surface area contributed by atoms with Gasteiger partial charge in [-0.25, -0.2) is 18.1 Å². The number of nitrogens with zero attached hydrogens (tertiary/aromatic N) is 1. The molecule has 2 rings (SSSR count). The van der Waals surface area contributed by atoms with Gasteiger partial charge in [0.05, 0.1) is 6.04 Å². The fourth-order valence-corrected chi connectivity index (χ4v) is 5.08. The minimum absolute atomic E-state index is 0.0161. The van der Waals surface area contributed by atoms with Gasteiger partial charge in [-0.05, 0) is 26.0 Å². The van der Waals surface area contributed by atoms with Gasteiger partial charge in [0, 0.05) is 29.0 Å². The smallest absolute Gasteiger partial charge is 0.250 e. The number of aryl methyl sites for hydroxylation is 1. The van der Waals surface area contributed by atoms with E-state index in [1.54, 1.807) is 25.3 Å². The standard InChI is InChI=1S/C12H16N2O3S3/c1-8-7-13-12(18-8)9(2)14-20(16,17)11-4-3-10(19-11)5-6-15/h3-4,7,9,14-15H,5-6H2,1-2H3. The third-order valence-electron chi connectivity index (χ3n) is 2.60. The summed E-state index contributed by atoms with van der Waals surface area (Å²) in [4.78, 5) is 6.09. The fourth-order valence-electron chi connectivity index (χ4n) is 1.66. The Morgan fingerprint density at radius 1 is 1.40 bits per heavy atom. The second-order valence-electron chi connectivity index (χ2n) is 4.35. The molecule has 1 unspecified atom stereocenters. The van der Waals surface area contributed by atoms with Crippen molar-refractivity contribution in [3.05, 3.63) is 33.1 Å². The molecule has 2 N–H and O–H groups in total. The van der Waals surface area contributed by atoms with E-state index in [-0.39, 0.29) is 16.9 Å². The molecule has 1 atom stereocenters. The first-order chi connectivity index (χ1) is 9.42. The lowest BCUT2D eigenvalue weighted by Crippen LogP contribution is -2.26. The lowest BCUT2D eigenvalue weighted by Gasteiger charge is -2.10. The van der Waals surface area contributed by atoms with Crippen molar-refractivity contribution in [3.63, 3.8) is 0 Å². The summed E-state index contributed by atoms with van der Waals surface area (Å²) in [7, 11) is -3.54. The maximum atomic E-state index is 12.3. The predicted molar refractivity (Wildman–Crippen MR) is 80.7 cm³/mol. The normalized spacial score (nSPS) is 13.6. The summed E-state index contributed by atoms with van der Waals surface area (Å²) in [6, 6.07) is 2.94. The monoisotopic (exact) mass is 332 g/mol. The number of hydrogen-bond donors (Lipinski definition) is 2. The summed E-state index contributed by atoms with van der Waals surface area (Å²) in [5.74, 6) is 0. The van der Waals surface area contributed by atoms with Crippen LogP contribution in [0.2, 0.25) is 0 Å². The number of nitrogens with one attached hydrogen (secondary N) is 1. The molecule has 8 heteroatoms. The molecule has 0 saturated carbocycles. The van der Waals surface area contributed by atoms with E-state index >= 15 is 0 Å². The molecule has 0 saturated heterocycles. The van der Waals surface area contributed by atoms with E-state index in [0.717, 1.165) is 14.8 Å². The zero-order valence-corrected chi connectivity index (χ0v) is 13.6. The predicted octanol–water partition coefficient (Wildman–Crippen LogP) is 2.09. The topological polar surface area (TPSA) is 79.3 Å². The van der Waals surface area contributed by atoms with Crippen LogP contribution in [0.5, 0.6) is 0 Å². The van der Waals surface area contributed by atoms with Gasteiger partial charge < -0.3 is 5.11 Å². The Labute approximate surface area is 126 Å². The lowest BCUT2D eigenvalue weighted by atomic mass is 10.4. The number of hydrogen-bond acceptors (Lipinski definition) is 6. The number of aliphatic hydroxyl groups excluding tert-OH is 1. The average molecular weight is 332 g/mol. The minimum Gasteiger partial charge on any atom is -0.396 e. The largest absolute Gasteiger partial charge is 0.396 e. The zero-order valence-electron chi connectivity index (χ0n) is 11.2. The van der Waals surface area contributed by atoms with Crippen molar-refractivity contribution < 1.29 is 13.5 Å². The van der Waals surface area contributed by atoms with Crippen molar-refractivity contribution in [2.45, 2.75) is 30.5 Å². The third kappa shape index (κ3) is 3.64. The molecule has 0 fully saturated rings. The fraction of sp³-hybridized carbons (Fsp3) is 0.417. The number of rotatable bonds is 6. The number of sulfonamides is 1. The first-order valence-electron chi connectivity index (χ1n) is 6.06. The summed E-state index contributed by atoms with van der Waals surface area (Å²) < 4.78 is 27.4. The molecule has 2 heterocycles. The van der Waals surface area contributed by atoms with E-state index in [0.29, 0.717) is 6.42 Å². The van der Waals surface area contributed by atoms with Crippen molar-refractivity contribution in [3.8, 4) is 0 Å². The molecular weight excluding hydrogens is 316 g/mol. The number of aromatic nitrogens is 1. The number of thiazole rings is 1. The molecule has 20 heavy (non-hydrogen) atoms. The molecule has 110 valence electrons. The lowest BCUT2D eigenvalue weighted by molar-refractivity contribution is 0.300. The van der Waals surface area contributed by atoms with Crippen LogP contribution in [0.4, 0.5) is 0 Å². The van der Waals surface area contributed by atoms with E-state index in [9.17, 15) is 8.42 Å². The van der Waals surface area contributed by atoms with Crippen LogP contribution in [0.15, 0.2) is 22.5 Å². The van der Waals surface area contributed by atoms with Crippen LogP contribution in [-0.4, -0.2) is 25.1 Å². The Bertz CT molecular complexity index is 676. The molecular formula is C12H16N2O3S3. The minimum atomic E-state index is -3.54. The van der Waals surface area contributed by atoms with Crippen LogP contribution in [0, 0.1) is 6.92 Å². The zero-order chi connectivity index (χ0) is 14.8. The summed E-state index contributed by atoms with van der Waals surface area (Å²) >= 11 is 2.66. The number of aliphatic hydroxyl groups is 1. The van der Waals surface area contributed by atoms with Gasteiger partial charge in [0.2, 0.25) is 0 Å². The van der Waals surface area contributed by atoms with Crippen LogP contribution in [0.1, 0.15) is 27.7 Å². The second-order valence-corrected chi connectivity index (χ2v) is 8.72. The van der Waals surface area contributed by atoms with Crippen LogP contribution in [0.25, 0.3) is 0 Å². The maximum absolute atomic E-state index is 12.3. The van der Waals surface area contributed by atoms with E-state index in [2.05, 4.69) is 9.71 Å². The summed E-state index contributed by atoms with van der Waals surface area (Å²) in [5.41, 5.74) is 0. The molecule has 5 nitrogen and oxygen atoms in total. The Balaban J connectivity index is 2.13. The van der Waals surface area contributed by atoms with Crippen molar-refractivity contribution in [2.24, 2.45) is 0 Å². The molecule has 0 spiro atoms. The Hall–Kier alpha value is -0.800. The molecule has 0 aliphatic heterocycles. The Kier molecular flexibility index (Phi) is 4.92. The van der Waals surface area contributed by atoms with Gasteiger partial charge in [-0.3, -0.25) is 0 Å². The van der Waals surface area contributed by atoms with Gasteiger partial charge in [0.15, 0.2) is 0 Å². The van der Waals surface area contributed by atoms with E-state index < -0.39 is 10.0 Å². The maximum Gasteiger partial charge on any atom is 0.250 e. The van der Waals surface area contributed by atoms with Gasteiger partial charge >= 0.3 is 0 Å². The highest BCUT2D eigenvalue weighted by Gasteiger charge is 2.21. The third-order valence-corrected chi connectivity index (χ3v) is 6.87. The van der Waals surface area contributed by atoms with E-state index in [1.807, 2.05) is 6.92 Å². The first-order valence-corrected chi connectivity index (χ1v) is 9.18. The Morgan fingerprint density at radius 2 is 2.15 bits per heavy atom. The van der Waals surface area contributed by atoms with Gasteiger partial charge in [-0.2, -0.15) is 0 Å². The van der Waals surface area contributed by atoms with Gasteiger partial charge in [-0.15, -0.1) is 22.7 Å². The van der Waals surface area contributed by atoms with E-state index in [1.165, 1.54) is 22.7 Å². The van der Waals surface area contributed by atoms with Crippen molar-refractivity contribution >= 4 is 32.7 Å². The van der Waals surface area contributed by atoms with Gasteiger partial charge in [0.1, 0.15) is 9.22 Å².